The van der Waals surface area contributed by atoms with Crippen molar-refractivity contribution in [2.45, 2.75) is 25.7 Å². The van der Waals surface area contributed by atoms with Gasteiger partial charge in [0, 0.05) is 12.2 Å². The maximum Gasteiger partial charge on any atom is 0.188 e. The molecule has 1 saturated carbocycles. The third-order valence-electron chi connectivity index (χ3n) is 3.52. The molecule has 0 aliphatic heterocycles. The minimum absolute atomic E-state index is 0.0162. The van der Waals surface area contributed by atoms with Crippen molar-refractivity contribution in [3.8, 4) is 5.75 Å². The lowest BCUT2D eigenvalue weighted by Gasteiger charge is -2.24. The minimum atomic E-state index is 0.0162. The van der Waals surface area contributed by atoms with Crippen LogP contribution in [0, 0.1) is 5.92 Å². The van der Waals surface area contributed by atoms with Crippen molar-refractivity contribution in [3.05, 3.63) is 29.8 Å². The van der Waals surface area contributed by atoms with Gasteiger partial charge in [0.25, 0.3) is 0 Å². The summed E-state index contributed by atoms with van der Waals surface area (Å²) in [5.74, 6) is 1.55. The monoisotopic (exact) mass is 248 g/mol. The van der Waals surface area contributed by atoms with Gasteiger partial charge < -0.3 is 9.47 Å². The summed E-state index contributed by atoms with van der Waals surface area (Å²) in [4.78, 5) is 11.9. The Morgan fingerprint density at radius 1 is 1.39 bits per heavy atom. The van der Waals surface area contributed by atoms with E-state index in [1.54, 1.807) is 19.2 Å². The molecule has 0 bridgehead atoms. The third kappa shape index (κ3) is 3.57. The van der Waals surface area contributed by atoms with Crippen LogP contribution in [0.1, 0.15) is 36.0 Å². The largest absolute Gasteiger partial charge is 0.497 e. The van der Waals surface area contributed by atoms with Crippen LogP contribution in [0.4, 0.5) is 0 Å². The molecular weight excluding hydrogens is 228 g/mol. The van der Waals surface area contributed by atoms with Crippen LogP contribution in [0.15, 0.2) is 24.3 Å². The van der Waals surface area contributed by atoms with Crippen LogP contribution in [0.2, 0.25) is 0 Å². The van der Waals surface area contributed by atoms with E-state index in [0.29, 0.717) is 17.9 Å². The van der Waals surface area contributed by atoms with Gasteiger partial charge in [0.1, 0.15) is 12.4 Å². The van der Waals surface area contributed by atoms with Gasteiger partial charge in [0.05, 0.1) is 7.11 Å². The van der Waals surface area contributed by atoms with E-state index in [1.165, 1.54) is 19.3 Å². The highest BCUT2D eigenvalue weighted by Gasteiger charge is 2.16. The van der Waals surface area contributed by atoms with E-state index in [2.05, 4.69) is 0 Å². The molecule has 1 aliphatic carbocycles. The van der Waals surface area contributed by atoms with Crippen LogP contribution in [0.5, 0.6) is 5.75 Å². The van der Waals surface area contributed by atoms with Crippen LogP contribution in [-0.4, -0.2) is 26.1 Å². The number of methoxy groups -OCH3 is 1. The molecular formula is C15H20O3. The van der Waals surface area contributed by atoms with Gasteiger partial charge in [-0.1, -0.05) is 31.4 Å². The number of carbonyl (C=O) groups is 1. The van der Waals surface area contributed by atoms with Crippen molar-refractivity contribution < 1.29 is 14.3 Å². The second-order valence-corrected chi connectivity index (χ2v) is 4.79. The van der Waals surface area contributed by atoms with E-state index in [4.69, 9.17) is 9.47 Å². The Kier molecular flexibility index (Phi) is 4.76. The summed E-state index contributed by atoms with van der Waals surface area (Å²) in [6.45, 7) is 0.861. The Bertz CT molecular complexity index is 396. The first-order valence-electron chi connectivity index (χ1n) is 6.54. The van der Waals surface area contributed by atoms with Gasteiger partial charge in [0.2, 0.25) is 0 Å². The van der Waals surface area contributed by atoms with Gasteiger partial charge in [-0.25, -0.2) is 0 Å². The molecule has 0 radical (unpaired) electrons. The molecule has 0 N–H and O–H groups in total. The van der Waals surface area contributed by atoms with Crippen LogP contribution in [0.3, 0.4) is 0 Å². The predicted molar refractivity (Wildman–Crippen MR) is 70.1 cm³/mol. The lowest BCUT2D eigenvalue weighted by Crippen LogP contribution is -2.16. The summed E-state index contributed by atoms with van der Waals surface area (Å²) >= 11 is 0. The second kappa shape index (κ2) is 6.55. The van der Waals surface area contributed by atoms with Gasteiger partial charge in [-0.05, 0) is 24.5 Å². The Morgan fingerprint density at radius 3 is 2.89 bits per heavy atom. The van der Waals surface area contributed by atoms with Crippen molar-refractivity contribution in [3.63, 3.8) is 0 Å². The third-order valence-corrected chi connectivity index (χ3v) is 3.52. The molecule has 0 unspecified atom stereocenters. The zero-order valence-corrected chi connectivity index (χ0v) is 10.9. The molecule has 1 aliphatic rings. The smallest absolute Gasteiger partial charge is 0.188 e. The van der Waals surface area contributed by atoms with Gasteiger partial charge in [0.15, 0.2) is 5.78 Å². The Morgan fingerprint density at radius 2 is 2.22 bits per heavy atom. The molecule has 0 spiro atoms. The summed E-state index contributed by atoms with van der Waals surface area (Å²) in [5.41, 5.74) is 0.651. The molecule has 3 heteroatoms. The molecule has 18 heavy (non-hydrogen) atoms. The van der Waals surface area contributed by atoms with E-state index in [0.717, 1.165) is 12.3 Å². The Balaban J connectivity index is 1.72. The molecule has 98 valence electrons. The highest BCUT2D eigenvalue weighted by Crippen LogP contribution is 2.29. The fourth-order valence-corrected chi connectivity index (χ4v) is 2.08. The molecule has 3 nitrogen and oxygen atoms in total. The summed E-state index contributed by atoms with van der Waals surface area (Å²) in [6, 6.07) is 7.19. The van der Waals surface area contributed by atoms with Crippen LogP contribution >= 0.6 is 0 Å². The number of carbonyl (C=O) groups excluding carboxylic acids is 1. The number of Topliss-reactive ketones (excluding diaryl/α,β-unsaturated/α-hetero) is 1. The summed E-state index contributed by atoms with van der Waals surface area (Å²) in [7, 11) is 1.60. The van der Waals surface area contributed by atoms with E-state index < -0.39 is 0 Å². The zero-order chi connectivity index (χ0) is 12.8. The average molecular weight is 248 g/mol. The summed E-state index contributed by atoms with van der Waals surface area (Å²) in [5, 5.41) is 0. The molecule has 0 aromatic heterocycles. The highest BCUT2D eigenvalue weighted by molar-refractivity contribution is 5.97. The Hall–Kier alpha value is -1.35. The van der Waals surface area contributed by atoms with E-state index in [9.17, 15) is 4.79 Å². The summed E-state index contributed by atoms with van der Waals surface area (Å²) in [6.07, 6.45) is 5.10. The fraction of sp³-hybridized carbons (Fsp3) is 0.533. The molecule has 1 aromatic rings. The number of ketones is 1. The van der Waals surface area contributed by atoms with E-state index in [1.807, 2.05) is 12.1 Å². The topological polar surface area (TPSA) is 35.5 Å². The zero-order valence-electron chi connectivity index (χ0n) is 10.9. The molecule has 0 saturated heterocycles. The Labute approximate surface area is 108 Å². The summed E-state index contributed by atoms with van der Waals surface area (Å²) < 4.78 is 10.5. The van der Waals surface area contributed by atoms with Crippen LogP contribution in [-0.2, 0) is 4.74 Å². The van der Waals surface area contributed by atoms with Crippen LogP contribution < -0.4 is 4.74 Å². The lowest BCUT2D eigenvalue weighted by molar-refractivity contribution is 0.0704. The van der Waals surface area contributed by atoms with Gasteiger partial charge in [-0.2, -0.15) is 0 Å². The maximum atomic E-state index is 11.9. The first-order chi connectivity index (χ1) is 8.79. The molecule has 2 rings (SSSR count). The average Bonchev–Trinajstić information content (AvgIpc) is 2.36. The van der Waals surface area contributed by atoms with Gasteiger partial charge in [-0.3, -0.25) is 4.79 Å². The molecule has 0 amide bonds. The van der Waals surface area contributed by atoms with Crippen LogP contribution in [0.25, 0.3) is 0 Å². The first kappa shape index (κ1) is 13.1. The van der Waals surface area contributed by atoms with Gasteiger partial charge in [-0.15, -0.1) is 0 Å². The van der Waals surface area contributed by atoms with Crippen molar-refractivity contribution in [1.82, 2.24) is 0 Å². The number of ether oxygens (including phenoxy) is 2. The van der Waals surface area contributed by atoms with Crippen molar-refractivity contribution in [2.75, 3.05) is 20.3 Å². The van der Waals surface area contributed by atoms with Crippen molar-refractivity contribution >= 4 is 5.78 Å². The standard InChI is InChI=1S/C15H20O3/c1-17-14-7-3-6-13(10-14)15(16)11-18-9-8-12-4-2-5-12/h3,6-7,10,12H,2,4-5,8-9,11H2,1H3. The number of rotatable bonds is 7. The first-order valence-corrected chi connectivity index (χ1v) is 6.54. The minimum Gasteiger partial charge on any atom is -0.497 e. The van der Waals surface area contributed by atoms with E-state index >= 15 is 0 Å². The predicted octanol–water partition coefficient (Wildman–Crippen LogP) is 3.08. The van der Waals surface area contributed by atoms with E-state index in [-0.39, 0.29) is 12.4 Å². The van der Waals surface area contributed by atoms with Gasteiger partial charge >= 0.3 is 0 Å². The lowest BCUT2D eigenvalue weighted by atomic mass is 9.83. The number of hydrogen-bond acceptors (Lipinski definition) is 3. The van der Waals surface area contributed by atoms with Crippen molar-refractivity contribution in [1.29, 1.82) is 0 Å². The highest BCUT2D eigenvalue weighted by atomic mass is 16.5. The molecule has 1 aromatic carbocycles. The molecule has 0 atom stereocenters. The number of hydrogen-bond donors (Lipinski definition) is 0. The SMILES string of the molecule is COc1cccc(C(=O)COCCC2CCC2)c1. The quantitative estimate of drug-likeness (QED) is 0.549. The second-order valence-electron chi connectivity index (χ2n) is 4.79. The van der Waals surface area contributed by atoms with Crippen molar-refractivity contribution in [2.24, 2.45) is 5.92 Å². The fourth-order valence-electron chi connectivity index (χ4n) is 2.08. The number of benzene rings is 1. The molecule has 1 fully saturated rings. The normalized spacial score (nSPS) is 15.2. The molecule has 0 heterocycles. The maximum absolute atomic E-state index is 11.9.